The van der Waals surface area contributed by atoms with Gasteiger partial charge in [-0.05, 0) is 25.8 Å². The van der Waals surface area contributed by atoms with Gasteiger partial charge in [-0.1, -0.05) is 0 Å². The maximum atomic E-state index is 10.8. The number of hydrogen-bond acceptors (Lipinski definition) is 3. The molecule has 0 unspecified atom stereocenters. The summed E-state index contributed by atoms with van der Waals surface area (Å²) >= 11 is 0. The van der Waals surface area contributed by atoms with E-state index in [-0.39, 0.29) is 11.9 Å². The molecular weight excluding hydrogens is 130 g/mol. The van der Waals surface area contributed by atoms with E-state index >= 15 is 0 Å². The molecule has 1 aliphatic rings. The molecule has 1 heterocycles. The normalized spacial score (nSPS) is 24.9. The van der Waals surface area contributed by atoms with Gasteiger partial charge in [-0.3, -0.25) is 4.79 Å². The number of carbonyl (C=O) groups is 1. The summed E-state index contributed by atoms with van der Waals surface area (Å²) in [4.78, 5) is 10.8. The van der Waals surface area contributed by atoms with Crippen LogP contribution in [0.25, 0.3) is 0 Å². The zero-order valence-corrected chi connectivity index (χ0v) is 6.01. The van der Waals surface area contributed by atoms with Crippen LogP contribution in [0.15, 0.2) is 0 Å². The summed E-state index contributed by atoms with van der Waals surface area (Å²) in [7, 11) is 0. The van der Waals surface area contributed by atoms with Gasteiger partial charge >= 0.3 is 5.97 Å². The lowest BCUT2D eigenvalue weighted by Crippen LogP contribution is -2.09. The summed E-state index contributed by atoms with van der Waals surface area (Å²) < 4.78 is 4.78. The van der Waals surface area contributed by atoms with Crippen molar-refractivity contribution in [3.05, 3.63) is 0 Å². The average Bonchev–Trinajstić information content (AvgIpc) is 2.31. The molecule has 58 valence electrons. The number of carbonyl (C=O) groups excluding carboxylic acids is 1. The molecule has 1 fully saturated rings. The molecule has 0 amide bonds. The van der Waals surface area contributed by atoms with Gasteiger partial charge in [-0.2, -0.15) is 0 Å². The predicted octanol–water partition coefficient (Wildman–Crippen LogP) is 0.288. The molecule has 2 N–H and O–H groups in total. The van der Waals surface area contributed by atoms with Crippen molar-refractivity contribution in [1.82, 2.24) is 0 Å². The van der Waals surface area contributed by atoms with E-state index in [1.807, 2.05) is 0 Å². The maximum Gasteiger partial charge on any atom is 0.309 e. The zero-order valence-electron chi connectivity index (χ0n) is 6.01. The lowest BCUT2D eigenvalue weighted by Gasteiger charge is -2.01. The third kappa shape index (κ3) is 1.70. The first-order valence-corrected chi connectivity index (χ1v) is 3.71. The largest absolute Gasteiger partial charge is 0.465 e. The molecule has 0 spiro atoms. The van der Waals surface area contributed by atoms with Crippen molar-refractivity contribution in [2.45, 2.75) is 19.3 Å². The summed E-state index contributed by atoms with van der Waals surface area (Å²) in [6, 6.07) is 0. The quantitative estimate of drug-likeness (QED) is 0.578. The van der Waals surface area contributed by atoms with Gasteiger partial charge in [-0.15, -0.1) is 0 Å². The Morgan fingerprint density at radius 2 is 2.50 bits per heavy atom. The van der Waals surface area contributed by atoms with Crippen LogP contribution in [0.5, 0.6) is 0 Å². The first-order valence-electron chi connectivity index (χ1n) is 3.71. The molecule has 1 aliphatic heterocycles. The van der Waals surface area contributed by atoms with E-state index in [0.29, 0.717) is 13.2 Å². The summed E-state index contributed by atoms with van der Waals surface area (Å²) in [5, 5.41) is 0. The molecule has 0 aromatic rings. The molecule has 0 bridgehead atoms. The van der Waals surface area contributed by atoms with Crippen molar-refractivity contribution in [1.29, 1.82) is 0 Å². The molecule has 3 nitrogen and oxygen atoms in total. The zero-order chi connectivity index (χ0) is 7.40. The molecule has 0 aliphatic carbocycles. The minimum Gasteiger partial charge on any atom is -0.465 e. The van der Waals surface area contributed by atoms with Crippen LogP contribution < -0.4 is 5.73 Å². The Morgan fingerprint density at radius 1 is 1.70 bits per heavy atom. The third-order valence-corrected chi connectivity index (χ3v) is 1.80. The van der Waals surface area contributed by atoms with E-state index in [1.54, 1.807) is 0 Å². The van der Waals surface area contributed by atoms with Crippen LogP contribution in [0.1, 0.15) is 19.3 Å². The van der Waals surface area contributed by atoms with Gasteiger partial charge in [0.2, 0.25) is 0 Å². The highest BCUT2D eigenvalue weighted by molar-refractivity contribution is 5.73. The summed E-state index contributed by atoms with van der Waals surface area (Å²) in [6.45, 7) is 1.28. The van der Waals surface area contributed by atoms with Crippen LogP contribution in [0, 0.1) is 5.92 Å². The second-order valence-electron chi connectivity index (χ2n) is 2.58. The Labute approximate surface area is 60.5 Å². The average molecular weight is 143 g/mol. The van der Waals surface area contributed by atoms with Crippen LogP contribution in [0.4, 0.5) is 0 Å². The smallest absolute Gasteiger partial charge is 0.309 e. The molecule has 0 aromatic carbocycles. The van der Waals surface area contributed by atoms with Crippen LogP contribution >= 0.6 is 0 Å². The Bertz CT molecular complexity index is 125. The first kappa shape index (κ1) is 7.54. The second kappa shape index (κ2) is 3.56. The molecule has 1 atom stereocenters. The Balaban J connectivity index is 2.20. The van der Waals surface area contributed by atoms with E-state index < -0.39 is 0 Å². The summed E-state index contributed by atoms with van der Waals surface area (Å²) in [5.41, 5.74) is 5.30. The van der Waals surface area contributed by atoms with Crippen molar-refractivity contribution >= 4 is 5.97 Å². The number of esters is 1. The summed E-state index contributed by atoms with van der Waals surface area (Å²) in [5.74, 6) is 0.108. The highest BCUT2D eigenvalue weighted by Crippen LogP contribution is 2.18. The minimum absolute atomic E-state index is 0.0338. The molecule has 3 heteroatoms. The van der Waals surface area contributed by atoms with Gasteiger partial charge in [0.25, 0.3) is 0 Å². The van der Waals surface area contributed by atoms with Gasteiger partial charge in [0.05, 0.1) is 12.5 Å². The predicted molar refractivity (Wildman–Crippen MR) is 37.4 cm³/mol. The number of rotatable bonds is 3. The Kier molecular flexibility index (Phi) is 2.68. The van der Waals surface area contributed by atoms with Crippen LogP contribution in [0.2, 0.25) is 0 Å². The third-order valence-electron chi connectivity index (χ3n) is 1.80. The maximum absolute atomic E-state index is 10.8. The van der Waals surface area contributed by atoms with Crippen molar-refractivity contribution in [2.24, 2.45) is 11.7 Å². The van der Waals surface area contributed by atoms with Crippen molar-refractivity contribution in [2.75, 3.05) is 13.2 Å². The number of hydrogen-bond donors (Lipinski definition) is 1. The lowest BCUT2D eigenvalue weighted by molar-refractivity contribution is -0.141. The molecule has 0 radical (unpaired) electrons. The highest BCUT2D eigenvalue weighted by Gasteiger charge is 2.25. The van der Waals surface area contributed by atoms with E-state index in [4.69, 9.17) is 10.5 Å². The van der Waals surface area contributed by atoms with Gasteiger partial charge in [0, 0.05) is 0 Å². The lowest BCUT2D eigenvalue weighted by atomic mass is 10.0. The molecule has 10 heavy (non-hydrogen) atoms. The topological polar surface area (TPSA) is 52.3 Å². The fourth-order valence-corrected chi connectivity index (χ4v) is 1.16. The monoisotopic (exact) mass is 143 g/mol. The summed E-state index contributed by atoms with van der Waals surface area (Å²) in [6.07, 6.45) is 2.72. The minimum atomic E-state index is -0.0338. The Morgan fingerprint density at radius 3 is 3.00 bits per heavy atom. The van der Waals surface area contributed by atoms with Crippen molar-refractivity contribution in [3.8, 4) is 0 Å². The standard InChI is InChI=1S/C7H13NO2/c8-4-1-2-6-3-5-10-7(6)9/h6H,1-5,8H2/t6-/m1/s1. The first-order chi connectivity index (χ1) is 4.84. The van der Waals surface area contributed by atoms with Crippen LogP contribution in [-0.2, 0) is 9.53 Å². The highest BCUT2D eigenvalue weighted by atomic mass is 16.5. The fourth-order valence-electron chi connectivity index (χ4n) is 1.16. The molecule has 1 saturated heterocycles. The number of cyclic esters (lactones) is 1. The van der Waals surface area contributed by atoms with Crippen molar-refractivity contribution < 1.29 is 9.53 Å². The van der Waals surface area contributed by atoms with E-state index in [2.05, 4.69) is 0 Å². The molecule has 0 saturated carbocycles. The van der Waals surface area contributed by atoms with Crippen molar-refractivity contribution in [3.63, 3.8) is 0 Å². The van der Waals surface area contributed by atoms with Gasteiger partial charge in [0.15, 0.2) is 0 Å². The Hall–Kier alpha value is -0.570. The van der Waals surface area contributed by atoms with Gasteiger partial charge in [-0.25, -0.2) is 0 Å². The molecular formula is C7H13NO2. The van der Waals surface area contributed by atoms with Crippen LogP contribution in [-0.4, -0.2) is 19.1 Å². The fraction of sp³-hybridized carbons (Fsp3) is 0.857. The second-order valence-corrected chi connectivity index (χ2v) is 2.58. The molecule has 0 aromatic heterocycles. The molecule has 1 rings (SSSR count). The van der Waals surface area contributed by atoms with E-state index in [9.17, 15) is 4.79 Å². The number of ether oxygens (including phenoxy) is 1. The van der Waals surface area contributed by atoms with Gasteiger partial charge < -0.3 is 10.5 Å². The van der Waals surface area contributed by atoms with Gasteiger partial charge in [0.1, 0.15) is 0 Å². The van der Waals surface area contributed by atoms with E-state index in [1.165, 1.54) is 0 Å². The number of nitrogens with two attached hydrogens (primary N) is 1. The SMILES string of the molecule is NCCC[C@@H]1CCOC1=O. The van der Waals surface area contributed by atoms with Crippen LogP contribution in [0.3, 0.4) is 0 Å². The van der Waals surface area contributed by atoms with E-state index in [0.717, 1.165) is 19.3 Å².